The lowest BCUT2D eigenvalue weighted by Crippen LogP contribution is -2.54. The average Bonchev–Trinajstić information content (AvgIpc) is 3.36. The van der Waals surface area contributed by atoms with Gasteiger partial charge >= 0.3 is 5.97 Å². The number of methoxy groups -OCH3 is 1. The zero-order valence-electron chi connectivity index (χ0n) is 18.0. The Hall–Kier alpha value is -2.17. The Bertz CT molecular complexity index is 895. The molecular formula is C22H27BrN2O7. The molecule has 6 atom stereocenters. The number of ether oxygens (including phenoxy) is 3. The summed E-state index contributed by atoms with van der Waals surface area (Å²) in [6.45, 7) is 1.96. The van der Waals surface area contributed by atoms with E-state index in [2.05, 4.69) is 21.2 Å². The van der Waals surface area contributed by atoms with Gasteiger partial charge in [-0.15, -0.1) is 0 Å². The highest BCUT2D eigenvalue weighted by molar-refractivity contribution is 9.09. The fourth-order valence-corrected chi connectivity index (χ4v) is 6.25. The fourth-order valence-electron chi connectivity index (χ4n) is 5.30. The van der Waals surface area contributed by atoms with Gasteiger partial charge in [0.2, 0.25) is 11.8 Å². The minimum absolute atomic E-state index is 0.125. The Morgan fingerprint density at radius 2 is 2.06 bits per heavy atom. The predicted octanol–water partition coefficient (Wildman–Crippen LogP) is 1.33. The van der Waals surface area contributed by atoms with Gasteiger partial charge in [-0.25, -0.2) is 0 Å². The number of benzene rings is 1. The number of aliphatic hydroxyl groups is 1. The van der Waals surface area contributed by atoms with E-state index in [0.29, 0.717) is 24.3 Å². The topological polar surface area (TPSA) is 114 Å². The van der Waals surface area contributed by atoms with Crippen LogP contribution in [0.1, 0.15) is 19.8 Å². The van der Waals surface area contributed by atoms with Gasteiger partial charge in [-0.2, -0.15) is 0 Å². The molecule has 1 aromatic carbocycles. The van der Waals surface area contributed by atoms with E-state index in [0.717, 1.165) is 0 Å². The SMILES string of the molecule is CCOC(=O)[C@H]1[C@@H]2OC3(CC2Br)C(C(=O)Nc2ccc(OC)cc2)N(CCCO)C(=O)[C@H]13. The summed E-state index contributed by atoms with van der Waals surface area (Å²) in [6, 6.07) is 5.94. The standard InChI is InChI=1S/C22H27BrN2O7/c1-3-31-21(29)15-16-20(28)25(9-4-10-26)18(22(16)11-14(23)17(15)32-22)19(27)24-12-5-7-13(30-2)8-6-12/h5-8,14-18,26H,3-4,9-11H2,1-2H3,(H,24,27)/t14?,15-,16+,17-,18?,22?/m1/s1. The van der Waals surface area contributed by atoms with E-state index in [1.165, 1.54) is 4.90 Å². The van der Waals surface area contributed by atoms with Gasteiger partial charge in [0.05, 0.1) is 31.7 Å². The Labute approximate surface area is 194 Å². The molecule has 2 bridgehead atoms. The smallest absolute Gasteiger partial charge is 0.312 e. The van der Waals surface area contributed by atoms with Crippen molar-refractivity contribution in [2.75, 3.05) is 32.2 Å². The van der Waals surface area contributed by atoms with Gasteiger partial charge in [-0.05, 0) is 44.0 Å². The first-order chi connectivity index (χ1) is 15.4. The molecule has 3 unspecified atom stereocenters. The zero-order valence-corrected chi connectivity index (χ0v) is 19.5. The second-order valence-electron chi connectivity index (χ2n) is 8.24. The summed E-state index contributed by atoms with van der Waals surface area (Å²) in [6.07, 6.45) is 0.186. The highest BCUT2D eigenvalue weighted by Crippen LogP contribution is 2.60. The van der Waals surface area contributed by atoms with Crippen molar-refractivity contribution in [3.63, 3.8) is 0 Å². The lowest BCUT2D eigenvalue weighted by atomic mass is 9.70. The molecule has 3 heterocycles. The molecular weight excluding hydrogens is 484 g/mol. The molecule has 4 rings (SSSR count). The minimum atomic E-state index is -1.14. The normalized spacial score (nSPS) is 32.7. The number of carbonyl (C=O) groups is 3. The maximum Gasteiger partial charge on any atom is 0.312 e. The molecule has 1 aromatic rings. The highest BCUT2D eigenvalue weighted by atomic mass is 79.9. The number of rotatable bonds is 8. The maximum absolute atomic E-state index is 13.5. The van der Waals surface area contributed by atoms with Crippen LogP contribution in [0.15, 0.2) is 24.3 Å². The molecule has 0 aliphatic carbocycles. The van der Waals surface area contributed by atoms with Gasteiger partial charge in [-0.3, -0.25) is 14.4 Å². The minimum Gasteiger partial charge on any atom is -0.497 e. The van der Waals surface area contributed by atoms with Crippen LogP contribution >= 0.6 is 15.9 Å². The Kier molecular flexibility index (Phi) is 6.46. The molecule has 2 amide bonds. The van der Waals surface area contributed by atoms with E-state index in [-0.39, 0.29) is 30.5 Å². The first-order valence-electron chi connectivity index (χ1n) is 10.7. The quantitative estimate of drug-likeness (QED) is 0.400. The number of anilines is 1. The van der Waals surface area contributed by atoms with E-state index in [1.807, 2.05) is 0 Å². The van der Waals surface area contributed by atoms with Crippen LogP contribution in [-0.2, 0) is 23.9 Å². The number of hydrogen-bond acceptors (Lipinski definition) is 7. The van der Waals surface area contributed by atoms with Crippen molar-refractivity contribution in [3.05, 3.63) is 24.3 Å². The molecule has 0 aromatic heterocycles. The number of alkyl halides is 1. The number of halogens is 1. The van der Waals surface area contributed by atoms with Crippen LogP contribution in [0.3, 0.4) is 0 Å². The number of carbonyl (C=O) groups excluding carboxylic acids is 3. The van der Waals surface area contributed by atoms with Gasteiger partial charge in [0.25, 0.3) is 0 Å². The average molecular weight is 511 g/mol. The number of hydrogen-bond donors (Lipinski definition) is 2. The summed E-state index contributed by atoms with van der Waals surface area (Å²) in [4.78, 5) is 41.0. The molecule has 1 spiro atoms. The van der Waals surface area contributed by atoms with Crippen LogP contribution < -0.4 is 10.1 Å². The monoisotopic (exact) mass is 510 g/mol. The Morgan fingerprint density at radius 1 is 1.34 bits per heavy atom. The summed E-state index contributed by atoms with van der Waals surface area (Å²) in [7, 11) is 1.56. The number of esters is 1. The Morgan fingerprint density at radius 3 is 2.69 bits per heavy atom. The van der Waals surface area contributed by atoms with E-state index >= 15 is 0 Å². The van der Waals surface area contributed by atoms with Crippen molar-refractivity contribution in [3.8, 4) is 5.75 Å². The van der Waals surface area contributed by atoms with Gasteiger partial charge in [0, 0.05) is 23.7 Å². The predicted molar refractivity (Wildman–Crippen MR) is 117 cm³/mol. The third-order valence-electron chi connectivity index (χ3n) is 6.51. The third kappa shape index (κ3) is 3.58. The molecule has 0 radical (unpaired) electrons. The number of aliphatic hydroxyl groups excluding tert-OH is 1. The second kappa shape index (κ2) is 8.99. The van der Waals surface area contributed by atoms with Crippen molar-refractivity contribution in [1.82, 2.24) is 4.90 Å². The molecule has 9 nitrogen and oxygen atoms in total. The van der Waals surface area contributed by atoms with Crippen molar-refractivity contribution in [2.45, 2.75) is 42.3 Å². The lowest BCUT2D eigenvalue weighted by Gasteiger charge is -2.34. The number of fused-ring (bicyclic) bond motifs is 1. The van der Waals surface area contributed by atoms with Gasteiger partial charge in [0.15, 0.2) is 0 Å². The van der Waals surface area contributed by atoms with Gasteiger partial charge < -0.3 is 29.5 Å². The molecule has 3 saturated heterocycles. The van der Waals surface area contributed by atoms with Crippen LogP contribution in [0.2, 0.25) is 0 Å². The molecule has 0 saturated carbocycles. The fraction of sp³-hybridized carbons (Fsp3) is 0.591. The van der Waals surface area contributed by atoms with Crippen LogP contribution in [0.5, 0.6) is 5.75 Å². The summed E-state index contributed by atoms with van der Waals surface area (Å²) < 4.78 is 16.7. The number of likely N-dealkylation sites (tertiary alicyclic amines) is 1. The largest absolute Gasteiger partial charge is 0.497 e. The lowest BCUT2D eigenvalue weighted by molar-refractivity contribution is -0.154. The molecule has 10 heteroatoms. The van der Waals surface area contributed by atoms with Gasteiger partial charge in [0.1, 0.15) is 17.4 Å². The van der Waals surface area contributed by atoms with Gasteiger partial charge in [-0.1, -0.05) is 15.9 Å². The molecule has 3 aliphatic rings. The number of amides is 2. The van der Waals surface area contributed by atoms with E-state index in [4.69, 9.17) is 14.2 Å². The van der Waals surface area contributed by atoms with E-state index < -0.39 is 41.5 Å². The molecule has 174 valence electrons. The molecule has 2 N–H and O–H groups in total. The van der Waals surface area contributed by atoms with Crippen molar-refractivity contribution in [2.24, 2.45) is 11.8 Å². The highest BCUT2D eigenvalue weighted by Gasteiger charge is 2.76. The maximum atomic E-state index is 13.5. The Balaban J connectivity index is 1.68. The summed E-state index contributed by atoms with van der Waals surface area (Å²) in [5.74, 6) is -2.12. The molecule has 3 aliphatic heterocycles. The zero-order chi connectivity index (χ0) is 23.0. The number of nitrogens with one attached hydrogen (secondary N) is 1. The van der Waals surface area contributed by atoms with E-state index in [1.54, 1.807) is 38.3 Å². The summed E-state index contributed by atoms with van der Waals surface area (Å²) in [5, 5.41) is 12.2. The van der Waals surface area contributed by atoms with Crippen molar-refractivity contribution in [1.29, 1.82) is 0 Å². The van der Waals surface area contributed by atoms with Crippen LogP contribution in [-0.4, -0.2) is 77.2 Å². The number of nitrogens with zero attached hydrogens (tertiary/aromatic N) is 1. The third-order valence-corrected chi connectivity index (χ3v) is 7.36. The van der Waals surface area contributed by atoms with Crippen molar-refractivity contribution >= 4 is 39.4 Å². The second-order valence-corrected chi connectivity index (χ2v) is 9.42. The molecule has 32 heavy (non-hydrogen) atoms. The summed E-state index contributed by atoms with van der Waals surface area (Å²) in [5.41, 5.74) is -0.589. The van der Waals surface area contributed by atoms with Crippen LogP contribution in [0, 0.1) is 11.8 Å². The summed E-state index contributed by atoms with van der Waals surface area (Å²) >= 11 is 3.59. The first-order valence-corrected chi connectivity index (χ1v) is 11.6. The van der Waals surface area contributed by atoms with Crippen molar-refractivity contribution < 1.29 is 33.7 Å². The molecule has 3 fully saturated rings. The van der Waals surface area contributed by atoms with E-state index in [9.17, 15) is 19.5 Å². The van der Waals surface area contributed by atoms with Crippen LogP contribution in [0.25, 0.3) is 0 Å². The first kappa shape index (κ1) is 23.0. The van der Waals surface area contributed by atoms with Crippen LogP contribution in [0.4, 0.5) is 5.69 Å².